The monoisotopic (exact) mass is 408 g/mol. The van der Waals surface area contributed by atoms with Crippen LogP contribution in [0, 0.1) is 15.4 Å². The predicted molar refractivity (Wildman–Crippen MR) is 97.5 cm³/mol. The summed E-state index contributed by atoms with van der Waals surface area (Å²) in [5.41, 5.74) is 7.94. The van der Waals surface area contributed by atoms with Gasteiger partial charge in [-0.15, -0.1) is 0 Å². The lowest BCUT2D eigenvalue weighted by Gasteiger charge is -2.31. The van der Waals surface area contributed by atoms with Crippen LogP contribution in [-0.4, -0.2) is 10.9 Å². The molecular weight excluding hydrogens is 387 g/mol. The Hall–Kier alpha value is -1.17. The number of amides is 1. The summed E-state index contributed by atoms with van der Waals surface area (Å²) in [7, 11) is 0. The smallest absolute Gasteiger partial charge is 0.220 e. The van der Waals surface area contributed by atoms with Crippen LogP contribution in [0.4, 0.5) is 0 Å². The van der Waals surface area contributed by atoms with E-state index >= 15 is 0 Å². The Balaban J connectivity index is 1.82. The second-order valence-corrected chi connectivity index (χ2v) is 7.61. The zero-order chi connectivity index (χ0) is 15.7. The van der Waals surface area contributed by atoms with Crippen LogP contribution in [0.2, 0.25) is 0 Å². The number of primary amides is 1. The van der Waals surface area contributed by atoms with E-state index in [-0.39, 0.29) is 11.8 Å². The molecule has 0 radical (unpaired) electrons. The number of aromatic nitrogens is 1. The summed E-state index contributed by atoms with van der Waals surface area (Å²) < 4.78 is 1.25. The van der Waals surface area contributed by atoms with Gasteiger partial charge in [0.15, 0.2) is 0 Å². The van der Waals surface area contributed by atoms with Crippen LogP contribution >= 0.6 is 22.6 Å². The van der Waals surface area contributed by atoms with Gasteiger partial charge in [0, 0.05) is 21.1 Å². The predicted octanol–water partition coefficient (Wildman–Crippen LogP) is 4.23. The number of hydrogen-bond acceptors (Lipinski definition) is 2. The Morgan fingerprint density at radius 1 is 1.27 bits per heavy atom. The number of carbonyl (C=O) groups is 1. The molecule has 1 aliphatic rings. The van der Waals surface area contributed by atoms with Crippen molar-refractivity contribution >= 4 is 39.4 Å². The fourth-order valence-corrected chi connectivity index (χ4v) is 4.15. The molecule has 1 aliphatic carbocycles. The largest absolute Gasteiger partial charge is 0.369 e. The van der Waals surface area contributed by atoms with Crippen molar-refractivity contribution in [1.82, 2.24) is 4.98 Å². The van der Waals surface area contributed by atoms with Crippen molar-refractivity contribution in [2.75, 3.05) is 0 Å². The number of halogens is 1. The van der Waals surface area contributed by atoms with Gasteiger partial charge in [-0.2, -0.15) is 0 Å². The fourth-order valence-electron chi connectivity index (χ4n) is 3.66. The first kappa shape index (κ1) is 15.7. The van der Waals surface area contributed by atoms with Gasteiger partial charge in [0.1, 0.15) is 0 Å². The minimum atomic E-state index is -0.160. The van der Waals surface area contributed by atoms with Gasteiger partial charge in [-0.05, 0) is 89.9 Å². The van der Waals surface area contributed by atoms with Gasteiger partial charge < -0.3 is 5.73 Å². The van der Waals surface area contributed by atoms with E-state index in [1.807, 2.05) is 13.1 Å². The number of nitrogens with zero attached hydrogens (tertiary/aromatic N) is 1. The van der Waals surface area contributed by atoms with Gasteiger partial charge in [0.05, 0.1) is 5.52 Å². The molecule has 1 aromatic carbocycles. The maximum Gasteiger partial charge on any atom is 0.220 e. The number of nitrogens with two attached hydrogens (primary N) is 1. The quantitative estimate of drug-likeness (QED) is 0.773. The van der Waals surface area contributed by atoms with Gasteiger partial charge >= 0.3 is 0 Å². The molecule has 0 aliphatic heterocycles. The zero-order valence-corrected chi connectivity index (χ0v) is 14.9. The number of hydrogen-bond donors (Lipinski definition) is 1. The van der Waals surface area contributed by atoms with Crippen LogP contribution in [0.1, 0.15) is 44.1 Å². The van der Waals surface area contributed by atoms with Crippen molar-refractivity contribution in [3.8, 4) is 0 Å². The van der Waals surface area contributed by atoms with Gasteiger partial charge in [0.25, 0.3) is 0 Å². The molecule has 0 saturated heterocycles. The molecule has 1 saturated carbocycles. The van der Waals surface area contributed by atoms with Crippen molar-refractivity contribution in [3.05, 3.63) is 39.6 Å². The maximum absolute atomic E-state index is 11.4. The van der Waals surface area contributed by atoms with Gasteiger partial charge in [-0.1, -0.05) is 6.92 Å². The molecule has 2 aromatic rings. The third-order valence-corrected chi connectivity index (χ3v) is 5.78. The SMILES string of the molecule is CC(C(N)=O)C1CCC(c2ccnc3ccc(I)cc23)CC1. The molecule has 1 atom stereocenters. The molecule has 1 fully saturated rings. The van der Waals surface area contributed by atoms with E-state index in [2.05, 4.69) is 51.8 Å². The molecule has 4 heteroatoms. The van der Waals surface area contributed by atoms with Gasteiger partial charge in [-0.25, -0.2) is 0 Å². The van der Waals surface area contributed by atoms with E-state index in [1.54, 1.807) is 0 Å². The van der Waals surface area contributed by atoms with Crippen molar-refractivity contribution in [1.29, 1.82) is 0 Å². The first-order chi connectivity index (χ1) is 10.6. The van der Waals surface area contributed by atoms with Gasteiger partial charge in [0.2, 0.25) is 5.91 Å². The molecule has 1 amide bonds. The number of fused-ring (bicyclic) bond motifs is 1. The fraction of sp³-hybridized carbons (Fsp3) is 0.444. The molecule has 116 valence electrons. The standard InChI is InChI=1S/C18H21IN2O/c1-11(18(20)22)12-2-4-13(5-3-12)15-8-9-21-17-7-6-14(19)10-16(15)17/h6-13H,2-5H2,1H3,(H2,20,22). The summed E-state index contributed by atoms with van der Waals surface area (Å²) in [6.45, 7) is 1.97. The van der Waals surface area contributed by atoms with Gasteiger partial charge in [-0.3, -0.25) is 9.78 Å². The summed E-state index contributed by atoms with van der Waals surface area (Å²) in [6, 6.07) is 8.60. The summed E-state index contributed by atoms with van der Waals surface area (Å²) in [6.07, 6.45) is 6.35. The molecule has 3 nitrogen and oxygen atoms in total. The Morgan fingerprint density at radius 3 is 2.68 bits per heavy atom. The Morgan fingerprint density at radius 2 is 2.00 bits per heavy atom. The molecule has 1 unspecified atom stereocenters. The summed E-state index contributed by atoms with van der Waals surface area (Å²) in [5.74, 6) is 0.852. The molecule has 0 bridgehead atoms. The molecule has 1 aromatic heterocycles. The second kappa shape index (κ2) is 6.52. The minimum absolute atomic E-state index is 0.00363. The van der Waals surface area contributed by atoms with Crippen molar-refractivity contribution in [2.24, 2.45) is 17.6 Å². The highest BCUT2D eigenvalue weighted by Gasteiger charge is 2.29. The molecule has 1 heterocycles. The van der Waals surface area contributed by atoms with E-state index < -0.39 is 0 Å². The van der Waals surface area contributed by atoms with Crippen LogP contribution in [0.3, 0.4) is 0 Å². The van der Waals surface area contributed by atoms with E-state index in [0.29, 0.717) is 11.8 Å². The normalized spacial score (nSPS) is 23.4. The number of benzene rings is 1. The molecule has 0 spiro atoms. The highest BCUT2D eigenvalue weighted by Crippen LogP contribution is 2.40. The van der Waals surface area contributed by atoms with Crippen LogP contribution in [0.15, 0.2) is 30.5 Å². The lowest BCUT2D eigenvalue weighted by atomic mass is 9.73. The highest BCUT2D eigenvalue weighted by atomic mass is 127. The molecule has 22 heavy (non-hydrogen) atoms. The summed E-state index contributed by atoms with van der Waals surface area (Å²) in [4.78, 5) is 15.9. The van der Waals surface area contributed by atoms with Crippen LogP contribution in [0.25, 0.3) is 10.9 Å². The topological polar surface area (TPSA) is 56.0 Å². The minimum Gasteiger partial charge on any atom is -0.369 e. The lowest BCUT2D eigenvalue weighted by molar-refractivity contribution is -0.123. The average Bonchev–Trinajstić information content (AvgIpc) is 2.53. The van der Waals surface area contributed by atoms with Crippen LogP contribution < -0.4 is 5.73 Å². The number of carbonyl (C=O) groups excluding carboxylic acids is 1. The number of rotatable bonds is 3. The van der Waals surface area contributed by atoms with Crippen LogP contribution in [0.5, 0.6) is 0 Å². The second-order valence-electron chi connectivity index (χ2n) is 6.36. The lowest BCUT2D eigenvalue weighted by Crippen LogP contribution is -2.30. The Kier molecular flexibility index (Phi) is 4.66. The van der Waals surface area contributed by atoms with E-state index in [0.717, 1.165) is 31.2 Å². The molecule has 2 N–H and O–H groups in total. The Bertz CT molecular complexity index is 693. The highest BCUT2D eigenvalue weighted by molar-refractivity contribution is 14.1. The summed E-state index contributed by atoms with van der Waals surface area (Å²) in [5, 5.41) is 1.28. The third kappa shape index (κ3) is 3.12. The third-order valence-electron chi connectivity index (χ3n) is 5.10. The van der Waals surface area contributed by atoms with E-state index in [9.17, 15) is 4.79 Å². The maximum atomic E-state index is 11.4. The first-order valence-electron chi connectivity index (χ1n) is 7.89. The molecule has 3 rings (SSSR count). The van der Waals surface area contributed by atoms with Crippen molar-refractivity contribution < 1.29 is 4.79 Å². The Labute approximate surface area is 144 Å². The van der Waals surface area contributed by atoms with E-state index in [1.165, 1.54) is 14.5 Å². The van der Waals surface area contributed by atoms with Crippen molar-refractivity contribution in [2.45, 2.75) is 38.5 Å². The number of pyridine rings is 1. The molecular formula is C18H21IN2O. The van der Waals surface area contributed by atoms with E-state index in [4.69, 9.17) is 5.73 Å². The van der Waals surface area contributed by atoms with Crippen LogP contribution in [-0.2, 0) is 4.79 Å². The average molecular weight is 408 g/mol. The zero-order valence-electron chi connectivity index (χ0n) is 12.8. The first-order valence-corrected chi connectivity index (χ1v) is 8.97. The van der Waals surface area contributed by atoms with Crippen molar-refractivity contribution in [3.63, 3.8) is 0 Å². The summed E-state index contributed by atoms with van der Waals surface area (Å²) >= 11 is 2.36.